The second-order valence-electron chi connectivity index (χ2n) is 3.66. The first kappa shape index (κ1) is 16.4. The summed E-state index contributed by atoms with van der Waals surface area (Å²) < 4.78 is 6.81. The van der Waals surface area contributed by atoms with E-state index in [0.29, 0.717) is 5.65 Å². The highest BCUT2D eigenvalue weighted by Crippen LogP contribution is 2.05. The maximum atomic E-state index is 11.5. The van der Waals surface area contributed by atoms with Crippen molar-refractivity contribution in [2.24, 2.45) is 21.7 Å². The largest absolute Gasteiger partial charge is 0.369 e. The van der Waals surface area contributed by atoms with Crippen LogP contribution in [0.1, 0.15) is 0 Å². The monoisotopic (exact) mass is 315 g/mol. The highest BCUT2D eigenvalue weighted by atomic mass is 35.5. The molecular weight excluding hydrogens is 302 g/mol. The van der Waals surface area contributed by atoms with Crippen molar-refractivity contribution in [3.63, 3.8) is 0 Å². The molecule has 0 aliphatic rings. The van der Waals surface area contributed by atoms with Gasteiger partial charge in [-0.15, -0.1) is 17.5 Å². The van der Waals surface area contributed by atoms with E-state index in [0.717, 1.165) is 0 Å². The van der Waals surface area contributed by atoms with E-state index < -0.39 is 5.56 Å². The lowest BCUT2D eigenvalue weighted by atomic mass is 10.5. The molecule has 0 fully saturated rings. The molecule has 2 aromatic rings. The molecule has 0 saturated carbocycles. The first-order chi connectivity index (χ1) is 9.58. The van der Waals surface area contributed by atoms with Gasteiger partial charge in [-0.05, 0) is 0 Å². The zero-order chi connectivity index (χ0) is 14.5. The highest BCUT2D eigenvalue weighted by Gasteiger charge is 2.08. The van der Waals surface area contributed by atoms with Crippen molar-refractivity contribution in [3.05, 3.63) is 16.7 Å². The summed E-state index contributed by atoms with van der Waals surface area (Å²) >= 11 is 0. The Balaban J connectivity index is 0.00000220. The molecule has 2 heterocycles. The van der Waals surface area contributed by atoms with E-state index in [1.807, 2.05) is 0 Å². The van der Waals surface area contributed by atoms with E-state index in [1.165, 1.54) is 17.1 Å². The van der Waals surface area contributed by atoms with Gasteiger partial charge in [0.25, 0.3) is 5.56 Å². The first-order valence-corrected chi connectivity index (χ1v) is 5.46. The molecule has 7 N–H and O–H groups in total. The number of nitrogens with zero attached hydrogens (tertiary/aromatic N) is 5. The molecule has 0 saturated heterocycles. The molecule has 0 aliphatic heterocycles. The van der Waals surface area contributed by atoms with Crippen molar-refractivity contribution >= 4 is 41.7 Å². The minimum Gasteiger partial charge on any atom is -0.369 e. The number of nitrogens with one attached hydrogen (secondary N) is 1. The second-order valence-corrected chi connectivity index (χ2v) is 3.66. The highest BCUT2D eigenvalue weighted by molar-refractivity contribution is 5.85. The summed E-state index contributed by atoms with van der Waals surface area (Å²) in [5.41, 5.74) is 15.8. The summed E-state index contributed by atoms with van der Waals surface area (Å²) in [4.78, 5) is 21.8. The summed E-state index contributed by atoms with van der Waals surface area (Å²) in [6.07, 6.45) is 2.81. The zero-order valence-electron chi connectivity index (χ0n) is 10.8. The summed E-state index contributed by atoms with van der Waals surface area (Å²) in [6, 6.07) is 0. The number of aromatic amines is 1. The van der Waals surface area contributed by atoms with Crippen LogP contribution >= 0.6 is 12.4 Å². The van der Waals surface area contributed by atoms with Gasteiger partial charge in [0, 0.05) is 0 Å². The van der Waals surface area contributed by atoms with Gasteiger partial charge in [-0.25, -0.2) is 4.98 Å². The Morgan fingerprint density at radius 2 is 2.29 bits per heavy atom. The van der Waals surface area contributed by atoms with Gasteiger partial charge in [0.15, 0.2) is 11.2 Å². The smallest absolute Gasteiger partial charge is 0.280 e. The number of imidazole rings is 1. The Morgan fingerprint density at radius 1 is 1.52 bits per heavy atom. The average molecular weight is 316 g/mol. The van der Waals surface area contributed by atoms with E-state index in [1.54, 1.807) is 0 Å². The van der Waals surface area contributed by atoms with Crippen molar-refractivity contribution in [2.45, 2.75) is 6.73 Å². The number of rotatable bonds is 5. The van der Waals surface area contributed by atoms with Crippen molar-refractivity contribution < 1.29 is 4.74 Å². The number of hydrogen-bond donors (Lipinski definition) is 4. The van der Waals surface area contributed by atoms with Crippen LogP contribution in [0.15, 0.2) is 21.3 Å². The number of aromatic nitrogens is 4. The van der Waals surface area contributed by atoms with Crippen LogP contribution in [0.5, 0.6) is 0 Å². The predicted octanol–water partition coefficient (Wildman–Crippen LogP) is -1.64. The van der Waals surface area contributed by atoms with Crippen LogP contribution in [0, 0.1) is 0 Å². The minimum absolute atomic E-state index is 0. The molecule has 2 rings (SSSR count). The van der Waals surface area contributed by atoms with Crippen LogP contribution in [-0.2, 0) is 11.5 Å². The molecule has 0 unspecified atom stereocenters. The Morgan fingerprint density at radius 3 is 3.00 bits per heavy atom. The molecule has 2 aromatic heterocycles. The minimum atomic E-state index is -0.402. The lowest BCUT2D eigenvalue weighted by molar-refractivity contribution is 0.113. The number of anilines is 1. The molecule has 0 bridgehead atoms. The van der Waals surface area contributed by atoms with Gasteiger partial charge < -0.3 is 21.9 Å². The van der Waals surface area contributed by atoms with Gasteiger partial charge in [-0.1, -0.05) is 0 Å². The Labute approximate surface area is 124 Å². The Hall–Kier alpha value is -2.66. The third-order valence-corrected chi connectivity index (χ3v) is 2.17. The fourth-order valence-electron chi connectivity index (χ4n) is 1.41. The van der Waals surface area contributed by atoms with Crippen molar-refractivity contribution in [3.8, 4) is 0 Å². The van der Waals surface area contributed by atoms with Crippen LogP contribution in [0.3, 0.4) is 0 Å². The van der Waals surface area contributed by atoms with Gasteiger partial charge in [-0.3, -0.25) is 14.3 Å². The lowest BCUT2D eigenvalue weighted by Gasteiger charge is -2.02. The van der Waals surface area contributed by atoms with Crippen LogP contribution in [0.4, 0.5) is 5.95 Å². The van der Waals surface area contributed by atoms with E-state index in [9.17, 15) is 4.79 Å². The first-order valence-electron chi connectivity index (χ1n) is 5.46. The fourth-order valence-corrected chi connectivity index (χ4v) is 1.41. The van der Waals surface area contributed by atoms with Crippen molar-refractivity contribution in [1.29, 1.82) is 0 Å². The number of fused-ring (bicyclic) bond motifs is 1. The van der Waals surface area contributed by atoms with Gasteiger partial charge in [0.2, 0.25) is 11.9 Å². The summed E-state index contributed by atoms with van der Waals surface area (Å²) in [5.74, 6) is -0.126. The molecule has 0 aromatic carbocycles. The SMILES string of the molecule is Cl.NC(N)=NN=CCOCn1cnc2c(=O)[nH]c(N)nc21. The molecular formula is C9H14ClN9O2. The fraction of sp³-hybridized carbons (Fsp3) is 0.222. The number of ether oxygens (including phenoxy) is 1. The Bertz CT molecular complexity index is 716. The molecule has 0 amide bonds. The number of nitrogen functional groups attached to an aromatic ring is 1. The van der Waals surface area contributed by atoms with Crippen LogP contribution in [0.25, 0.3) is 11.2 Å². The van der Waals surface area contributed by atoms with Crippen LogP contribution < -0.4 is 22.8 Å². The summed E-state index contributed by atoms with van der Waals surface area (Å²) in [5, 5.41) is 6.95. The van der Waals surface area contributed by atoms with E-state index in [-0.39, 0.29) is 43.2 Å². The second kappa shape index (κ2) is 7.21. The molecule has 0 atom stereocenters. The van der Waals surface area contributed by atoms with Crippen LogP contribution in [-0.4, -0.2) is 38.3 Å². The normalized spacial score (nSPS) is 10.7. The van der Waals surface area contributed by atoms with Gasteiger partial charge in [0.1, 0.15) is 6.73 Å². The molecule has 114 valence electrons. The average Bonchev–Trinajstić information content (AvgIpc) is 2.76. The maximum absolute atomic E-state index is 11.5. The number of H-pyrrole nitrogens is 1. The summed E-state index contributed by atoms with van der Waals surface area (Å²) in [6.45, 7) is 0.301. The quantitative estimate of drug-likeness (QED) is 0.221. The standard InChI is InChI=1S/C9H13N9O2.ClH/c10-8(11)17-14-1-2-20-4-18-3-13-5-6(18)15-9(12)16-7(5)19;/h1,3H,2,4H2,(H4,10,11,17)(H3,12,15,16,19);1H. The number of nitrogens with two attached hydrogens (primary N) is 3. The zero-order valence-corrected chi connectivity index (χ0v) is 11.6. The topological polar surface area (TPSA) is 176 Å². The van der Waals surface area contributed by atoms with E-state index in [2.05, 4.69) is 25.2 Å². The summed E-state index contributed by atoms with van der Waals surface area (Å²) in [7, 11) is 0. The van der Waals surface area contributed by atoms with E-state index >= 15 is 0 Å². The molecule has 0 aliphatic carbocycles. The van der Waals surface area contributed by atoms with Crippen molar-refractivity contribution in [2.75, 3.05) is 12.3 Å². The number of halogens is 1. The molecule has 11 nitrogen and oxygen atoms in total. The third-order valence-electron chi connectivity index (χ3n) is 2.17. The molecule has 0 radical (unpaired) electrons. The van der Waals surface area contributed by atoms with E-state index in [4.69, 9.17) is 21.9 Å². The van der Waals surface area contributed by atoms with Gasteiger partial charge >= 0.3 is 0 Å². The molecule has 12 heteroatoms. The van der Waals surface area contributed by atoms with Gasteiger partial charge in [-0.2, -0.15) is 10.1 Å². The predicted molar refractivity (Wildman–Crippen MR) is 80.1 cm³/mol. The van der Waals surface area contributed by atoms with Crippen LogP contribution in [0.2, 0.25) is 0 Å². The van der Waals surface area contributed by atoms with Crippen molar-refractivity contribution in [1.82, 2.24) is 19.5 Å². The third kappa shape index (κ3) is 4.15. The number of hydrogen-bond acceptors (Lipinski definition) is 7. The Kier molecular flexibility index (Phi) is 5.63. The lowest BCUT2D eigenvalue weighted by Crippen LogP contribution is -2.21. The molecule has 21 heavy (non-hydrogen) atoms. The molecule has 0 spiro atoms. The van der Waals surface area contributed by atoms with Gasteiger partial charge in [0.05, 0.1) is 19.1 Å². The maximum Gasteiger partial charge on any atom is 0.280 e. The number of guanidine groups is 1.